The summed E-state index contributed by atoms with van der Waals surface area (Å²) < 4.78 is 6.16. The Labute approximate surface area is 325 Å². The summed E-state index contributed by atoms with van der Waals surface area (Å²) in [5.74, 6) is 0.691. The fraction of sp³-hybridized carbons (Fsp3) is 0.0566. The van der Waals surface area contributed by atoms with Gasteiger partial charge in [0.05, 0.1) is 11.4 Å². The second-order valence-corrected chi connectivity index (χ2v) is 15.4. The van der Waals surface area contributed by atoms with E-state index in [-0.39, 0.29) is 5.41 Å². The molecule has 2 heterocycles. The van der Waals surface area contributed by atoms with Crippen LogP contribution in [0.5, 0.6) is 0 Å². The first-order chi connectivity index (χ1) is 27.5. The molecule has 3 heteroatoms. The molecular weight excluding hydrogens is 681 g/mol. The van der Waals surface area contributed by atoms with Gasteiger partial charge in [0.15, 0.2) is 5.82 Å². The molecule has 0 saturated heterocycles. The van der Waals surface area contributed by atoms with E-state index in [9.17, 15) is 0 Å². The number of aromatic nitrogens is 2. The maximum atomic E-state index is 6.16. The van der Waals surface area contributed by atoms with Gasteiger partial charge >= 0.3 is 0 Å². The Morgan fingerprint density at radius 3 is 1.84 bits per heavy atom. The minimum atomic E-state index is -0.0484. The van der Waals surface area contributed by atoms with Crippen molar-refractivity contribution in [1.82, 2.24) is 9.97 Å². The number of benzene rings is 8. The van der Waals surface area contributed by atoms with Crippen LogP contribution in [0.3, 0.4) is 0 Å². The van der Waals surface area contributed by atoms with E-state index in [2.05, 4.69) is 166 Å². The smallest absolute Gasteiger partial charge is 0.160 e. The van der Waals surface area contributed by atoms with E-state index in [1.54, 1.807) is 0 Å². The number of hydrogen-bond acceptors (Lipinski definition) is 3. The summed E-state index contributed by atoms with van der Waals surface area (Å²) in [6.45, 7) is 4.68. The van der Waals surface area contributed by atoms with Crippen LogP contribution in [0.1, 0.15) is 25.0 Å². The first kappa shape index (κ1) is 32.3. The zero-order valence-electron chi connectivity index (χ0n) is 31.1. The number of rotatable bonds is 5. The van der Waals surface area contributed by atoms with Crippen molar-refractivity contribution in [1.29, 1.82) is 0 Å². The zero-order valence-corrected chi connectivity index (χ0v) is 31.1. The highest BCUT2D eigenvalue weighted by Crippen LogP contribution is 2.49. The standard InChI is InChI=1S/C53H36N2O/c1-53(2)46-21-10-8-19-41(46)42-25-23-35(31-47(42)53)34-15-12-16-36(29-34)38-26-27-43(40-18-7-6-17-39(38)40)49-32-48(54-52(55-49)33-13-4-3-5-14-33)37-24-28-51-45(30-37)44-20-9-11-22-50(44)56-51/h3-32H,1-2H3. The lowest BCUT2D eigenvalue weighted by Gasteiger charge is -2.22. The minimum Gasteiger partial charge on any atom is -0.456 e. The van der Waals surface area contributed by atoms with Crippen LogP contribution in [0, 0.1) is 0 Å². The molecule has 0 saturated carbocycles. The third-order valence-corrected chi connectivity index (χ3v) is 11.7. The predicted octanol–water partition coefficient (Wildman–Crippen LogP) is 14.2. The molecule has 56 heavy (non-hydrogen) atoms. The summed E-state index contributed by atoms with van der Waals surface area (Å²) in [5.41, 5.74) is 16.8. The normalized spacial score (nSPS) is 13.0. The third-order valence-electron chi connectivity index (χ3n) is 11.7. The Morgan fingerprint density at radius 1 is 0.357 bits per heavy atom. The first-order valence-corrected chi connectivity index (χ1v) is 19.2. The van der Waals surface area contributed by atoms with Crippen LogP contribution in [0.25, 0.3) is 100.0 Å². The number of nitrogens with zero attached hydrogens (tertiary/aromatic N) is 2. The molecule has 0 unspecified atom stereocenters. The minimum absolute atomic E-state index is 0.0484. The summed E-state index contributed by atoms with van der Waals surface area (Å²) in [6, 6.07) is 64.9. The summed E-state index contributed by atoms with van der Waals surface area (Å²) in [6.07, 6.45) is 0. The molecule has 264 valence electrons. The molecule has 3 nitrogen and oxygen atoms in total. The van der Waals surface area contributed by atoms with Gasteiger partial charge in [0.25, 0.3) is 0 Å². The van der Waals surface area contributed by atoms with E-state index >= 15 is 0 Å². The second kappa shape index (κ2) is 12.5. The SMILES string of the molecule is CC1(C)c2ccccc2-c2ccc(-c3cccc(-c4ccc(-c5cc(-c6ccc7oc8ccccc8c7c6)nc(-c6ccccc6)n5)c5ccccc45)c3)cc21. The monoisotopic (exact) mass is 716 g/mol. The topological polar surface area (TPSA) is 38.9 Å². The average molecular weight is 717 g/mol. The van der Waals surface area contributed by atoms with Gasteiger partial charge in [-0.3, -0.25) is 0 Å². The van der Waals surface area contributed by atoms with Gasteiger partial charge in [-0.05, 0) is 97.7 Å². The lowest BCUT2D eigenvalue weighted by molar-refractivity contribution is 0.660. The molecule has 0 radical (unpaired) electrons. The lowest BCUT2D eigenvalue weighted by Crippen LogP contribution is -2.14. The van der Waals surface area contributed by atoms with E-state index in [0.29, 0.717) is 5.82 Å². The highest BCUT2D eigenvalue weighted by molar-refractivity contribution is 6.07. The molecular formula is C53H36N2O. The lowest BCUT2D eigenvalue weighted by atomic mass is 9.81. The summed E-state index contributed by atoms with van der Waals surface area (Å²) >= 11 is 0. The Kier molecular flexibility index (Phi) is 7.20. The van der Waals surface area contributed by atoms with Crippen molar-refractivity contribution >= 4 is 32.7 Å². The molecule has 11 rings (SSSR count). The van der Waals surface area contributed by atoms with Gasteiger partial charge < -0.3 is 4.42 Å². The van der Waals surface area contributed by atoms with Gasteiger partial charge in [0, 0.05) is 32.9 Å². The van der Waals surface area contributed by atoms with Crippen LogP contribution in [-0.4, -0.2) is 9.97 Å². The molecule has 0 N–H and O–H groups in total. The maximum absolute atomic E-state index is 6.16. The predicted molar refractivity (Wildman–Crippen MR) is 232 cm³/mol. The van der Waals surface area contributed by atoms with Crippen LogP contribution in [0.4, 0.5) is 0 Å². The Balaban J connectivity index is 1.03. The number of fused-ring (bicyclic) bond motifs is 7. The van der Waals surface area contributed by atoms with Crippen molar-refractivity contribution in [3.8, 4) is 67.3 Å². The fourth-order valence-electron chi connectivity index (χ4n) is 8.86. The quantitative estimate of drug-likeness (QED) is 0.178. The van der Waals surface area contributed by atoms with Crippen LogP contribution in [-0.2, 0) is 5.41 Å². The maximum Gasteiger partial charge on any atom is 0.160 e. The van der Waals surface area contributed by atoms with Crippen LogP contribution in [0.15, 0.2) is 186 Å². The van der Waals surface area contributed by atoms with Gasteiger partial charge in [-0.1, -0.05) is 153 Å². The Bertz CT molecular complexity index is 3170. The van der Waals surface area contributed by atoms with E-state index in [1.807, 2.05) is 30.3 Å². The highest BCUT2D eigenvalue weighted by Gasteiger charge is 2.35. The summed E-state index contributed by atoms with van der Waals surface area (Å²) in [7, 11) is 0. The largest absolute Gasteiger partial charge is 0.456 e. The van der Waals surface area contributed by atoms with Crippen molar-refractivity contribution in [3.63, 3.8) is 0 Å². The number of hydrogen-bond donors (Lipinski definition) is 0. The molecule has 0 amide bonds. The van der Waals surface area contributed by atoms with Crippen molar-refractivity contribution in [2.45, 2.75) is 19.3 Å². The average Bonchev–Trinajstić information content (AvgIpc) is 3.74. The number of para-hydroxylation sites is 1. The molecule has 0 aliphatic heterocycles. The van der Waals surface area contributed by atoms with Gasteiger partial charge in [-0.2, -0.15) is 0 Å². The fourth-order valence-corrected chi connectivity index (χ4v) is 8.86. The van der Waals surface area contributed by atoms with Gasteiger partial charge in [-0.15, -0.1) is 0 Å². The van der Waals surface area contributed by atoms with Crippen molar-refractivity contribution in [3.05, 3.63) is 193 Å². The second-order valence-electron chi connectivity index (χ2n) is 15.4. The molecule has 2 aromatic heterocycles. The van der Waals surface area contributed by atoms with Crippen molar-refractivity contribution in [2.24, 2.45) is 0 Å². The molecule has 0 atom stereocenters. The van der Waals surface area contributed by atoms with Crippen LogP contribution < -0.4 is 0 Å². The van der Waals surface area contributed by atoms with Crippen LogP contribution in [0.2, 0.25) is 0 Å². The summed E-state index contributed by atoms with van der Waals surface area (Å²) in [5, 5.41) is 4.50. The van der Waals surface area contributed by atoms with E-state index < -0.39 is 0 Å². The molecule has 10 aromatic rings. The van der Waals surface area contributed by atoms with Gasteiger partial charge in [-0.25, -0.2) is 9.97 Å². The molecule has 0 spiro atoms. The van der Waals surface area contributed by atoms with Gasteiger partial charge in [0.1, 0.15) is 11.2 Å². The van der Waals surface area contributed by atoms with E-state index in [0.717, 1.165) is 55.4 Å². The van der Waals surface area contributed by atoms with Crippen molar-refractivity contribution < 1.29 is 4.42 Å². The van der Waals surface area contributed by atoms with Crippen molar-refractivity contribution in [2.75, 3.05) is 0 Å². The highest BCUT2D eigenvalue weighted by atomic mass is 16.3. The molecule has 1 aliphatic rings. The van der Waals surface area contributed by atoms with Crippen LogP contribution >= 0.6 is 0 Å². The zero-order chi connectivity index (χ0) is 37.4. The summed E-state index contributed by atoms with van der Waals surface area (Å²) in [4.78, 5) is 10.4. The third kappa shape index (κ3) is 5.12. The number of furan rings is 1. The van der Waals surface area contributed by atoms with Gasteiger partial charge in [0.2, 0.25) is 0 Å². The Hall–Kier alpha value is -7.10. The first-order valence-electron chi connectivity index (χ1n) is 19.2. The molecule has 8 aromatic carbocycles. The molecule has 1 aliphatic carbocycles. The van der Waals surface area contributed by atoms with E-state index in [4.69, 9.17) is 14.4 Å². The Morgan fingerprint density at radius 2 is 0.964 bits per heavy atom. The molecule has 0 bridgehead atoms. The molecule has 0 fully saturated rings. The van der Waals surface area contributed by atoms with E-state index in [1.165, 1.54) is 49.9 Å².